The number of unbranched alkanes of at least 4 members (excludes halogenated alkanes) is 8. The van der Waals surface area contributed by atoms with E-state index in [2.05, 4.69) is 27.7 Å². The van der Waals surface area contributed by atoms with Gasteiger partial charge in [-0.1, -0.05) is 134 Å². The molecule has 210 valence electrons. The van der Waals surface area contributed by atoms with Crippen molar-refractivity contribution in [3.8, 4) is 11.1 Å². The Balaban J connectivity index is 1.94. The van der Waals surface area contributed by atoms with Gasteiger partial charge in [0.05, 0.1) is 24.3 Å². The summed E-state index contributed by atoms with van der Waals surface area (Å²) in [5.74, 6) is 0.588. The summed E-state index contributed by atoms with van der Waals surface area (Å²) < 4.78 is 11.3. The molecule has 0 atom stereocenters. The molecule has 4 nitrogen and oxygen atoms in total. The van der Waals surface area contributed by atoms with E-state index in [0.29, 0.717) is 24.3 Å². The number of carbonyl (C=O) groups excluding carboxylic acids is 2. The van der Waals surface area contributed by atoms with Crippen LogP contribution in [0, 0.1) is 11.8 Å². The number of rotatable bonds is 19. The maximum atomic E-state index is 13.3. The number of ether oxygens (including phenoxy) is 2. The predicted molar refractivity (Wildman–Crippen MR) is 158 cm³/mol. The fraction of sp³-hybridized carbons (Fsp3) is 0.588. The van der Waals surface area contributed by atoms with Crippen LogP contribution < -0.4 is 0 Å². The van der Waals surface area contributed by atoms with Gasteiger partial charge in [0, 0.05) is 0 Å². The van der Waals surface area contributed by atoms with Crippen molar-refractivity contribution in [2.24, 2.45) is 11.8 Å². The average molecular weight is 523 g/mol. The third-order valence-corrected chi connectivity index (χ3v) is 6.89. The van der Waals surface area contributed by atoms with Crippen LogP contribution >= 0.6 is 0 Å². The van der Waals surface area contributed by atoms with Gasteiger partial charge in [-0.3, -0.25) is 0 Å². The summed E-state index contributed by atoms with van der Waals surface area (Å²) in [4.78, 5) is 26.3. The molecule has 0 unspecified atom stereocenters. The molecule has 0 amide bonds. The standard InChI is InChI=1S/C34H50O4/c1-27(2)19-12-7-5-9-16-25-37-33(35)31-24-18-23-30(29-21-14-11-15-22-29)32(31)34(36)38-26-17-10-6-8-13-20-28(3)4/h11,14-15,18,21-24,27-28H,5-10,12-13,16-17,19-20,25-26H2,1-4H3. The Morgan fingerprint density at radius 2 is 1.08 bits per heavy atom. The molecule has 0 aliphatic heterocycles. The highest BCUT2D eigenvalue weighted by Crippen LogP contribution is 2.28. The zero-order valence-corrected chi connectivity index (χ0v) is 24.3. The monoisotopic (exact) mass is 522 g/mol. The van der Waals surface area contributed by atoms with E-state index in [1.54, 1.807) is 6.07 Å². The topological polar surface area (TPSA) is 52.6 Å². The molecule has 2 rings (SSSR count). The molecule has 0 fully saturated rings. The van der Waals surface area contributed by atoms with Gasteiger partial charge in [-0.2, -0.15) is 0 Å². The van der Waals surface area contributed by atoms with E-state index in [1.807, 2.05) is 42.5 Å². The van der Waals surface area contributed by atoms with Crippen LogP contribution in [-0.4, -0.2) is 25.2 Å². The van der Waals surface area contributed by atoms with E-state index >= 15 is 0 Å². The lowest BCUT2D eigenvalue weighted by atomic mass is 9.95. The smallest absolute Gasteiger partial charge is 0.339 e. The summed E-state index contributed by atoms with van der Waals surface area (Å²) in [6.07, 6.45) is 13.5. The number of hydrogen-bond acceptors (Lipinski definition) is 4. The van der Waals surface area contributed by atoms with Crippen LogP contribution in [0.1, 0.15) is 125 Å². The summed E-state index contributed by atoms with van der Waals surface area (Å²) in [6.45, 7) is 9.75. The summed E-state index contributed by atoms with van der Waals surface area (Å²) in [5.41, 5.74) is 2.15. The fourth-order valence-electron chi connectivity index (χ4n) is 4.65. The second kappa shape index (κ2) is 18.6. The van der Waals surface area contributed by atoms with Crippen LogP contribution in [0.3, 0.4) is 0 Å². The van der Waals surface area contributed by atoms with Crippen molar-refractivity contribution in [1.82, 2.24) is 0 Å². The van der Waals surface area contributed by atoms with Gasteiger partial charge >= 0.3 is 11.9 Å². The zero-order valence-electron chi connectivity index (χ0n) is 24.3. The van der Waals surface area contributed by atoms with Crippen molar-refractivity contribution in [3.05, 3.63) is 59.7 Å². The van der Waals surface area contributed by atoms with Crippen molar-refractivity contribution in [2.75, 3.05) is 13.2 Å². The van der Waals surface area contributed by atoms with Crippen LogP contribution in [0.5, 0.6) is 0 Å². The van der Waals surface area contributed by atoms with E-state index in [9.17, 15) is 9.59 Å². The molecule has 0 saturated carbocycles. The molecule has 4 heteroatoms. The van der Waals surface area contributed by atoms with Gasteiger partial charge in [0.15, 0.2) is 0 Å². The molecule has 0 aromatic heterocycles. The molecule has 2 aromatic carbocycles. The lowest BCUT2D eigenvalue weighted by Gasteiger charge is -2.14. The summed E-state index contributed by atoms with van der Waals surface area (Å²) >= 11 is 0. The van der Waals surface area contributed by atoms with E-state index < -0.39 is 11.9 Å². The van der Waals surface area contributed by atoms with Gasteiger partial charge in [0.25, 0.3) is 0 Å². The molecular weight excluding hydrogens is 472 g/mol. The first-order valence-corrected chi connectivity index (χ1v) is 14.9. The van der Waals surface area contributed by atoms with Crippen LogP contribution in [0.2, 0.25) is 0 Å². The lowest BCUT2D eigenvalue weighted by molar-refractivity contribution is 0.0451. The van der Waals surface area contributed by atoms with Gasteiger partial charge in [-0.25, -0.2) is 9.59 Å². The summed E-state index contributed by atoms with van der Waals surface area (Å²) in [6, 6.07) is 15.0. The maximum Gasteiger partial charge on any atom is 0.339 e. The third kappa shape index (κ3) is 12.3. The highest BCUT2D eigenvalue weighted by Gasteiger charge is 2.24. The van der Waals surface area contributed by atoms with Crippen LogP contribution in [-0.2, 0) is 9.47 Å². The molecular formula is C34H50O4. The minimum atomic E-state index is -0.459. The van der Waals surface area contributed by atoms with Crippen molar-refractivity contribution in [1.29, 1.82) is 0 Å². The highest BCUT2D eigenvalue weighted by molar-refractivity contribution is 6.07. The maximum absolute atomic E-state index is 13.3. The number of benzene rings is 2. The Hall–Kier alpha value is -2.62. The Kier molecular flexibility index (Phi) is 15.5. The SMILES string of the molecule is CC(C)CCCCCCCOC(=O)c1cccc(-c2ccccc2)c1C(=O)OCCCCCCCC(C)C. The minimum absolute atomic E-state index is 0.280. The average Bonchev–Trinajstić information content (AvgIpc) is 2.91. The van der Waals surface area contributed by atoms with Crippen molar-refractivity contribution in [3.63, 3.8) is 0 Å². The summed E-state index contributed by atoms with van der Waals surface area (Å²) in [7, 11) is 0. The molecule has 2 aromatic rings. The fourth-order valence-corrected chi connectivity index (χ4v) is 4.65. The number of hydrogen-bond donors (Lipinski definition) is 0. The number of carbonyl (C=O) groups is 2. The first kappa shape index (κ1) is 31.6. The number of esters is 2. The zero-order chi connectivity index (χ0) is 27.6. The Labute approximate surface area is 231 Å². The van der Waals surface area contributed by atoms with Gasteiger partial charge in [-0.15, -0.1) is 0 Å². The lowest BCUT2D eigenvalue weighted by Crippen LogP contribution is -2.16. The van der Waals surface area contributed by atoms with Gasteiger partial charge in [0.1, 0.15) is 0 Å². The molecule has 0 radical (unpaired) electrons. The minimum Gasteiger partial charge on any atom is -0.462 e. The van der Waals surface area contributed by atoms with E-state index in [1.165, 1.54) is 38.5 Å². The predicted octanol–water partition coefficient (Wildman–Crippen LogP) is 9.66. The quantitative estimate of drug-likeness (QED) is 0.136. The first-order valence-electron chi connectivity index (χ1n) is 14.9. The molecule has 0 bridgehead atoms. The second-order valence-electron chi connectivity index (χ2n) is 11.3. The highest BCUT2D eigenvalue weighted by atomic mass is 16.5. The largest absolute Gasteiger partial charge is 0.462 e. The van der Waals surface area contributed by atoms with Gasteiger partial charge in [-0.05, 0) is 41.9 Å². The van der Waals surface area contributed by atoms with Crippen molar-refractivity contribution >= 4 is 11.9 Å². The third-order valence-electron chi connectivity index (χ3n) is 6.89. The van der Waals surface area contributed by atoms with Crippen LogP contribution in [0.4, 0.5) is 0 Å². The molecule has 0 spiro atoms. The summed E-state index contributed by atoms with van der Waals surface area (Å²) in [5, 5.41) is 0. The molecule has 0 aliphatic rings. The van der Waals surface area contributed by atoms with Crippen molar-refractivity contribution in [2.45, 2.75) is 105 Å². The van der Waals surface area contributed by atoms with Crippen LogP contribution in [0.25, 0.3) is 11.1 Å². The molecule has 0 aliphatic carbocycles. The van der Waals surface area contributed by atoms with E-state index in [-0.39, 0.29) is 5.56 Å². The van der Waals surface area contributed by atoms with E-state index in [4.69, 9.17) is 9.47 Å². The Bertz CT molecular complexity index is 933. The molecule has 38 heavy (non-hydrogen) atoms. The Morgan fingerprint density at radius 3 is 1.63 bits per heavy atom. The molecule has 0 heterocycles. The van der Waals surface area contributed by atoms with Crippen molar-refractivity contribution < 1.29 is 19.1 Å². The Morgan fingerprint density at radius 1 is 0.579 bits per heavy atom. The second-order valence-corrected chi connectivity index (χ2v) is 11.3. The van der Waals surface area contributed by atoms with Crippen LogP contribution in [0.15, 0.2) is 48.5 Å². The van der Waals surface area contributed by atoms with E-state index in [0.717, 1.165) is 55.9 Å². The molecule has 0 N–H and O–H groups in total. The van der Waals surface area contributed by atoms with Gasteiger partial charge < -0.3 is 9.47 Å². The normalized spacial score (nSPS) is 11.2. The first-order chi connectivity index (χ1) is 18.4. The molecule has 0 saturated heterocycles. The van der Waals surface area contributed by atoms with Gasteiger partial charge in [0.2, 0.25) is 0 Å².